The molecule has 0 spiro atoms. The van der Waals surface area contributed by atoms with Crippen LogP contribution < -0.4 is 5.73 Å². The van der Waals surface area contributed by atoms with E-state index in [9.17, 15) is 9.90 Å². The molecule has 1 rings (SSSR count). The van der Waals surface area contributed by atoms with Crippen molar-refractivity contribution in [2.24, 2.45) is 5.73 Å². The molecule has 4 nitrogen and oxygen atoms in total. The lowest BCUT2D eigenvalue weighted by Crippen LogP contribution is -2.14. The van der Waals surface area contributed by atoms with E-state index in [0.29, 0.717) is 0 Å². The number of aliphatic hydroxyl groups excluding tert-OH is 1. The molecule has 0 unspecified atom stereocenters. The summed E-state index contributed by atoms with van der Waals surface area (Å²) >= 11 is 0. The average molecular weight is 214 g/mol. The second kappa shape index (κ2) is 5.37. The summed E-state index contributed by atoms with van der Waals surface area (Å²) in [6.07, 6.45) is 2.84. The summed E-state index contributed by atoms with van der Waals surface area (Å²) in [7, 11) is 0. The first kappa shape index (κ1) is 11.5. The maximum absolute atomic E-state index is 10.7. The molecule has 1 aromatic carbocycles. The molecule has 0 aliphatic carbocycles. The minimum absolute atomic E-state index is 0.432. The van der Waals surface area contributed by atoms with Crippen LogP contribution in [-0.4, -0.2) is 11.0 Å². The van der Waals surface area contributed by atoms with Gasteiger partial charge in [-0.15, -0.1) is 0 Å². The lowest BCUT2D eigenvalue weighted by molar-refractivity contribution is -0.114. The van der Waals surface area contributed by atoms with Crippen LogP contribution in [0.25, 0.3) is 6.08 Å². The minimum atomic E-state index is -0.947. The quantitative estimate of drug-likeness (QED) is 0.346. The van der Waals surface area contributed by atoms with Gasteiger partial charge in [0, 0.05) is 0 Å². The smallest absolute Gasteiger partial charge is 0.263 e. The van der Waals surface area contributed by atoms with E-state index < -0.39 is 17.2 Å². The zero-order chi connectivity index (χ0) is 12.0. The second-order valence-electron chi connectivity index (χ2n) is 2.98. The highest BCUT2D eigenvalue weighted by atomic mass is 16.3. The Labute approximate surface area is 92.9 Å². The van der Waals surface area contributed by atoms with Crippen molar-refractivity contribution in [3.05, 3.63) is 53.3 Å². The van der Waals surface area contributed by atoms with Crippen molar-refractivity contribution in [3.8, 4) is 6.07 Å². The van der Waals surface area contributed by atoms with Crippen LogP contribution in [0.4, 0.5) is 0 Å². The molecule has 1 aromatic rings. The van der Waals surface area contributed by atoms with E-state index in [4.69, 9.17) is 11.0 Å². The number of primary amides is 1. The summed E-state index contributed by atoms with van der Waals surface area (Å²) in [5.41, 5.74) is 5.30. The predicted octanol–water partition coefficient (Wildman–Crippen LogP) is 1.52. The first-order valence-electron chi connectivity index (χ1n) is 4.51. The third-order valence-electron chi connectivity index (χ3n) is 1.85. The molecule has 80 valence electrons. The number of nitriles is 1. The van der Waals surface area contributed by atoms with Crippen LogP contribution in [0.2, 0.25) is 0 Å². The highest BCUT2D eigenvalue weighted by Crippen LogP contribution is 2.06. The molecule has 0 aromatic heterocycles. The Hall–Kier alpha value is -2.54. The van der Waals surface area contributed by atoms with Crippen LogP contribution in [-0.2, 0) is 4.79 Å². The largest absolute Gasteiger partial charge is 0.506 e. The molecule has 0 heterocycles. The number of carbonyl (C=O) groups is 1. The summed E-state index contributed by atoms with van der Waals surface area (Å²) < 4.78 is 0. The van der Waals surface area contributed by atoms with Crippen molar-refractivity contribution in [3.63, 3.8) is 0 Å². The van der Waals surface area contributed by atoms with Gasteiger partial charge in [-0.3, -0.25) is 4.79 Å². The Balaban J connectivity index is 2.94. The predicted molar refractivity (Wildman–Crippen MR) is 59.9 cm³/mol. The Morgan fingerprint density at radius 3 is 2.50 bits per heavy atom. The Kier molecular flexibility index (Phi) is 3.87. The molecule has 0 fully saturated rings. The fraction of sp³-hybridized carbons (Fsp3) is 0. The van der Waals surface area contributed by atoms with Crippen molar-refractivity contribution < 1.29 is 9.90 Å². The lowest BCUT2D eigenvalue weighted by atomic mass is 10.1. The summed E-state index contributed by atoms with van der Waals surface area (Å²) in [5, 5.41) is 18.0. The number of hydrogen-bond donors (Lipinski definition) is 2. The van der Waals surface area contributed by atoms with Crippen molar-refractivity contribution in [2.75, 3.05) is 0 Å². The van der Waals surface area contributed by atoms with Crippen LogP contribution >= 0.6 is 0 Å². The van der Waals surface area contributed by atoms with Crippen LogP contribution in [0, 0.1) is 11.3 Å². The molecular weight excluding hydrogens is 204 g/mol. The van der Waals surface area contributed by atoms with E-state index in [0.717, 1.165) is 5.56 Å². The number of amides is 1. The standard InChI is InChI=1S/C12H10N2O2/c13-8-10(12(14)16)11(15)7-6-9-4-2-1-3-5-9/h1-7,15H,(H2,14,16). The fourth-order valence-electron chi connectivity index (χ4n) is 1.06. The molecule has 0 aliphatic heterocycles. The molecular formula is C12H10N2O2. The molecule has 4 heteroatoms. The molecule has 0 atom stereocenters. The van der Waals surface area contributed by atoms with Gasteiger partial charge in [-0.25, -0.2) is 0 Å². The monoisotopic (exact) mass is 214 g/mol. The molecule has 1 amide bonds. The third kappa shape index (κ3) is 3.00. The number of carbonyl (C=O) groups excluding carboxylic acids is 1. The zero-order valence-corrected chi connectivity index (χ0v) is 8.42. The van der Waals surface area contributed by atoms with Gasteiger partial charge in [-0.05, 0) is 11.6 Å². The van der Waals surface area contributed by atoms with Gasteiger partial charge < -0.3 is 10.8 Å². The normalized spacial score (nSPS) is 11.9. The number of nitrogens with two attached hydrogens (primary N) is 1. The number of allylic oxidation sites excluding steroid dienone is 1. The third-order valence-corrected chi connectivity index (χ3v) is 1.85. The van der Waals surface area contributed by atoms with E-state index in [2.05, 4.69) is 0 Å². The second-order valence-corrected chi connectivity index (χ2v) is 2.98. The van der Waals surface area contributed by atoms with Gasteiger partial charge in [-0.2, -0.15) is 5.26 Å². The van der Waals surface area contributed by atoms with Gasteiger partial charge in [0.2, 0.25) is 0 Å². The van der Waals surface area contributed by atoms with E-state index in [1.807, 2.05) is 30.3 Å². The summed E-state index contributed by atoms with van der Waals surface area (Å²) in [6.45, 7) is 0. The fourth-order valence-corrected chi connectivity index (χ4v) is 1.06. The molecule has 3 N–H and O–H groups in total. The number of benzene rings is 1. The van der Waals surface area contributed by atoms with Crippen molar-refractivity contribution in [1.82, 2.24) is 0 Å². The first-order valence-corrected chi connectivity index (χ1v) is 4.51. The number of nitrogens with zero attached hydrogens (tertiary/aromatic N) is 1. The van der Waals surface area contributed by atoms with Gasteiger partial charge in [-0.1, -0.05) is 36.4 Å². The van der Waals surface area contributed by atoms with Gasteiger partial charge in [0.25, 0.3) is 5.91 Å². The number of aliphatic hydroxyl groups is 1. The highest BCUT2D eigenvalue weighted by Gasteiger charge is 2.08. The molecule has 0 saturated carbocycles. The molecule has 0 bridgehead atoms. The first-order chi connectivity index (χ1) is 7.65. The van der Waals surface area contributed by atoms with Crippen LogP contribution in [0.5, 0.6) is 0 Å². The number of rotatable bonds is 3. The Morgan fingerprint density at radius 2 is 2.00 bits per heavy atom. The topological polar surface area (TPSA) is 87.1 Å². The van der Waals surface area contributed by atoms with Crippen molar-refractivity contribution in [1.29, 1.82) is 5.26 Å². The van der Waals surface area contributed by atoms with Gasteiger partial charge in [0.15, 0.2) is 5.57 Å². The maximum Gasteiger partial charge on any atom is 0.263 e. The van der Waals surface area contributed by atoms with E-state index in [1.165, 1.54) is 6.08 Å². The Bertz CT molecular complexity index is 481. The van der Waals surface area contributed by atoms with Crippen molar-refractivity contribution >= 4 is 12.0 Å². The van der Waals surface area contributed by atoms with Gasteiger partial charge >= 0.3 is 0 Å². The van der Waals surface area contributed by atoms with Crippen LogP contribution in [0.3, 0.4) is 0 Å². The van der Waals surface area contributed by atoms with E-state index in [-0.39, 0.29) is 0 Å². The summed E-state index contributed by atoms with van der Waals surface area (Å²) in [4.78, 5) is 10.7. The molecule has 16 heavy (non-hydrogen) atoms. The average Bonchev–Trinajstić information content (AvgIpc) is 2.28. The molecule has 0 saturated heterocycles. The molecule has 0 aliphatic rings. The number of hydrogen-bond acceptors (Lipinski definition) is 3. The van der Waals surface area contributed by atoms with Gasteiger partial charge in [0.1, 0.15) is 11.8 Å². The Morgan fingerprint density at radius 1 is 1.38 bits per heavy atom. The van der Waals surface area contributed by atoms with Crippen molar-refractivity contribution in [2.45, 2.75) is 0 Å². The highest BCUT2D eigenvalue weighted by molar-refractivity contribution is 5.96. The maximum atomic E-state index is 10.7. The van der Waals surface area contributed by atoms with Crippen LogP contribution in [0.1, 0.15) is 5.56 Å². The van der Waals surface area contributed by atoms with E-state index in [1.54, 1.807) is 12.1 Å². The van der Waals surface area contributed by atoms with Gasteiger partial charge in [0.05, 0.1) is 0 Å². The van der Waals surface area contributed by atoms with Crippen LogP contribution in [0.15, 0.2) is 47.7 Å². The lowest BCUT2D eigenvalue weighted by Gasteiger charge is -1.95. The van der Waals surface area contributed by atoms with E-state index >= 15 is 0 Å². The summed E-state index contributed by atoms with van der Waals surface area (Å²) in [6, 6.07) is 10.7. The molecule has 0 radical (unpaired) electrons. The summed E-state index contributed by atoms with van der Waals surface area (Å²) in [5.74, 6) is -1.38. The minimum Gasteiger partial charge on any atom is -0.506 e. The zero-order valence-electron chi connectivity index (χ0n) is 8.42. The SMILES string of the molecule is N#CC(C(N)=O)=C(O)C=Cc1ccccc1.